The van der Waals surface area contributed by atoms with E-state index in [0.717, 1.165) is 42.5 Å². The van der Waals surface area contributed by atoms with Crippen molar-refractivity contribution in [3.05, 3.63) is 30.1 Å². The summed E-state index contributed by atoms with van der Waals surface area (Å²) in [4.78, 5) is 18.9. The third-order valence-corrected chi connectivity index (χ3v) is 3.38. The molecule has 0 amide bonds. The lowest BCUT2D eigenvalue weighted by Crippen LogP contribution is -2.17. The minimum absolute atomic E-state index is 0.341. The smallest absolute Gasteiger partial charge is 0.306 e. The maximum atomic E-state index is 11.3. The van der Waals surface area contributed by atoms with Crippen molar-refractivity contribution < 1.29 is 9.90 Å². The molecule has 2 aromatic rings. The molecular formula is C15H20N2O2. The predicted molar refractivity (Wildman–Crippen MR) is 75.1 cm³/mol. The van der Waals surface area contributed by atoms with Gasteiger partial charge in [-0.25, -0.2) is 4.98 Å². The Labute approximate surface area is 112 Å². The van der Waals surface area contributed by atoms with Gasteiger partial charge in [0, 0.05) is 6.42 Å². The Bertz CT molecular complexity index is 515. The quantitative estimate of drug-likeness (QED) is 0.750. The summed E-state index contributed by atoms with van der Waals surface area (Å²) in [7, 11) is 0. The van der Waals surface area contributed by atoms with Gasteiger partial charge in [0.1, 0.15) is 5.82 Å². The number of carboxylic acids is 1. The average molecular weight is 260 g/mol. The first-order chi connectivity index (χ1) is 9.20. The van der Waals surface area contributed by atoms with Crippen LogP contribution in [0.15, 0.2) is 24.3 Å². The van der Waals surface area contributed by atoms with E-state index in [1.165, 1.54) is 0 Å². The van der Waals surface area contributed by atoms with E-state index in [4.69, 9.17) is 0 Å². The molecule has 102 valence electrons. The van der Waals surface area contributed by atoms with E-state index in [-0.39, 0.29) is 5.92 Å². The van der Waals surface area contributed by atoms with E-state index in [2.05, 4.69) is 16.9 Å². The SMILES string of the molecule is CCCCCC(Cc1nc2ccccc2[nH]1)C(=O)O. The maximum absolute atomic E-state index is 11.3. The molecule has 1 aromatic heterocycles. The largest absolute Gasteiger partial charge is 0.481 e. The lowest BCUT2D eigenvalue weighted by atomic mass is 9.98. The fraction of sp³-hybridized carbons (Fsp3) is 0.467. The third-order valence-electron chi connectivity index (χ3n) is 3.38. The van der Waals surface area contributed by atoms with Crippen molar-refractivity contribution in [3.63, 3.8) is 0 Å². The number of unbranched alkanes of at least 4 members (excludes halogenated alkanes) is 2. The third kappa shape index (κ3) is 3.56. The minimum Gasteiger partial charge on any atom is -0.481 e. The standard InChI is InChI=1S/C15H20N2O2/c1-2-3-4-7-11(15(18)19)10-14-16-12-8-5-6-9-13(12)17-14/h5-6,8-9,11H,2-4,7,10H2,1H3,(H,16,17)(H,18,19). The van der Waals surface area contributed by atoms with Crippen LogP contribution in [0.2, 0.25) is 0 Å². The number of nitrogens with one attached hydrogen (secondary N) is 1. The van der Waals surface area contributed by atoms with Crippen LogP contribution < -0.4 is 0 Å². The molecule has 0 aliphatic carbocycles. The fourth-order valence-electron chi connectivity index (χ4n) is 2.29. The van der Waals surface area contributed by atoms with Crippen molar-refractivity contribution in [1.82, 2.24) is 9.97 Å². The highest BCUT2D eigenvalue weighted by atomic mass is 16.4. The summed E-state index contributed by atoms with van der Waals surface area (Å²) in [6.07, 6.45) is 4.36. The first-order valence-corrected chi connectivity index (χ1v) is 6.87. The van der Waals surface area contributed by atoms with Gasteiger partial charge in [-0.15, -0.1) is 0 Å². The second-order valence-corrected chi connectivity index (χ2v) is 4.94. The summed E-state index contributed by atoms with van der Waals surface area (Å²) in [5.74, 6) is -0.297. The molecule has 0 spiro atoms. The van der Waals surface area contributed by atoms with Crippen LogP contribution in [0.1, 0.15) is 38.4 Å². The van der Waals surface area contributed by atoms with E-state index in [1.807, 2.05) is 24.3 Å². The normalized spacial score (nSPS) is 12.7. The molecule has 19 heavy (non-hydrogen) atoms. The number of rotatable bonds is 7. The van der Waals surface area contributed by atoms with Crippen LogP contribution in [0.3, 0.4) is 0 Å². The first-order valence-electron chi connectivity index (χ1n) is 6.87. The zero-order valence-electron chi connectivity index (χ0n) is 11.2. The molecule has 0 aliphatic heterocycles. The molecular weight excluding hydrogens is 240 g/mol. The van der Waals surface area contributed by atoms with Gasteiger partial charge >= 0.3 is 5.97 Å². The molecule has 0 fully saturated rings. The Morgan fingerprint density at radius 3 is 2.84 bits per heavy atom. The number of hydrogen-bond acceptors (Lipinski definition) is 2. The van der Waals surface area contributed by atoms with Crippen molar-refractivity contribution in [2.75, 3.05) is 0 Å². The van der Waals surface area contributed by atoms with Crippen molar-refractivity contribution in [3.8, 4) is 0 Å². The zero-order valence-corrected chi connectivity index (χ0v) is 11.2. The maximum Gasteiger partial charge on any atom is 0.306 e. The molecule has 1 heterocycles. The lowest BCUT2D eigenvalue weighted by molar-refractivity contribution is -0.142. The molecule has 2 rings (SSSR count). The van der Waals surface area contributed by atoms with E-state index in [9.17, 15) is 9.90 Å². The molecule has 1 unspecified atom stereocenters. The van der Waals surface area contributed by atoms with Gasteiger partial charge < -0.3 is 10.1 Å². The van der Waals surface area contributed by atoms with E-state index >= 15 is 0 Å². The number of nitrogens with zero attached hydrogens (tertiary/aromatic N) is 1. The Morgan fingerprint density at radius 2 is 2.16 bits per heavy atom. The minimum atomic E-state index is -0.725. The molecule has 2 N–H and O–H groups in total. The van der Waals surface area contributed by atoms with Crippen molar-refractivity contribution in [2.45, 2.75) is 39.0 Å². The summed E-state index contributed by atoms with van der Waals surface area (Å²) in [6.45, 7) is 2.12. The van der Waals surface area contributed by atoms with Gasteiger partial charge in [-0.3, -0.25) is 4.79 Å². The molecule has 1 atom stereocenters. The molecule has 1 aromatic carbocycles. The molecule has 0 radical (unpaired) electrons. The van der Waals surface area contributed by atoms with E-state index in [0.29, 0.717) is 6.42 Å². The Morgan fingerprint density at radius 1 is 1.37 bits per heavy atom. The van der Waals surface area contributed by atoms with Gasteiger partial charge in [-0.2, -0.15) is 0 Å². The number of carboxylic acid groups (broad SMARTS) is 1. The van der Waals surface area contributed by atoms with Crippen LogP contribution in [-0.2, 0) is 11.2 Å². The fourth-order valence-corrected chi connectivity index (χ4v) is 2.29. The van der Waals surface area contributed by atoms with Gasteiger partial charge in [0.25, 0.3) is 0 Å². The van der Waals surface area contributed by atoms with Crippen LogP contribution in [0, 0.1) is 5.92 Å². The van der Waals surface area contributed by atoms with Gasteiger partial charge in [0.05, 0.1) is 17.0 Å². The van der Waals surface area contributed by atoms with Gasteiger partial charge in [0.2, 0.25) is 0 Å². The highest BCUT2D eigenvalue weighted by Crippen LogP contribution is 2.17. The predicted octanol–water partition coefficient (Wildman–Crippen LogP) is 3.39. The summed E-state index contributed by atoms with van der Waals surface area (Å²) < 4.78 is 0. The van der Waals surface area contributed by atoms with Gasteiger partial charge in [-0.05, 0) is 18.6 Å². The molecule has 4 heteroatoms. The van der Waals surface area contributed by atoms with E-state index < -0.39 is 5.97 Å². The number of benzene rings is 1. The first kappa shape index (κ1) is 13.6. The number of para-hydroxylation sites is 2. The Kier molecular flexibility index (Phi) is 4.55. The number of H-pyrrole nitrogens is 1. The van der Waals surface area contributed by atoms with E-state index in [1.54, 1.807) is 0 Å². The summed E-state index contributed by atoms with van der Waals surface area (Å²) >= 11 is 0. The number of aliphatic carboxylic acids is 1. The molecule has 4 nitrogen and oxygen atoms in total. The van der Waals surface area contributed by atoms with Crippen LogP contribution in [0.4, 0.5) is 0 Å². The number of imidazole rings is 1. The van der Waals surface area contributed by atoms with Gasteiger partial charge in [0.15, 0.2) is 0 Å². The monoisotopic (exact) mass is 260 g/mol. The summed E-state index contributed by atoms with van der Waals surface area (Å²) in [5, 5.41) is 9.27. The second kappa shape index (κ2) is 6.36. The number of aromatic amines is 1. The number of fused-ring (bicyclic) bond motifs is 1. The van der Waals surface area contributed by atoms with Crippen LogP contribution in [0.5, 0.6) is 0 Å². The summed E-state index contributed by atoms with van der Waals surface area (Å²) in [6, 6.07) is 7.77. The Hall–Kier alpha value is -1.84. The van der Waals surface area contributed by atoms with Crippen molar-refractivity contribution in [2.24, 2.45) is 5.92 Å². The molecule has 0 saturated carbocycles. The van der Waals surface area contributed by atoms with Crippen LogP contribution in [-0.4, -0.2) is 21.0 Å². The van der Waals surface area contributed by atoms with Crippen LogP contribution in [0.25, 0.3) is 11.0 Å². The van der Waals surface area contributed by atoms with Crippen LogP contribution >= 0.6 is 0 Å². The number of hydrogen-bond donors (Lipinski definition) is 2. The highest BCUT2D eigenvalue weighted by Gasteiger charge is 2.19. The number of carbonyl (C=O) groups is 1. The zero-order chi connectivity index (χ0) is 13.7. The molecule has 0 aliphatic rings. The lowest BCUT2D eigenvalue weighted by Gasteiger charge is -2.09. The average Bonchev–Trinajstić information content (AvgIpc) is 2.80. The topological polar surface area (TPSA) is 66.0 Å². The molecule has 0 saturated heterocycles. The Balaban J connectivity index is 2.05. The van der Waals surface area contributed by atoms with Crippen molar-refractivity contribution in [1.29, 1.82) is 0 Å². The summed E-state index contributed by atoms with van der Waals surface area (Å²) in [5.41, 5.74) is 1.87. The molecule has 0 bridgehead atoms. The van der Waals surface area contributed by atoms with Crippen molar-refractivity contribution >= 4 is 17.0 Å². The van der Waals surface area contributed by atoms with Gasteiger partial charge in [-0.1, -0.05) is 38.3 Å². The highest BCUT2D eigenvalue weighted by molar-refractivity contribution is 5.75. The number of aromatic nitrogens is 2. The second-order valence-electron chi connectivity index (χ2n) is 4.94.